The number of benzene rings is 1. The van der Waals surface area contributed by atoms with Crippen LogP contribution < -0.4 is 0 Å². The Bertz CT molecular complexity index is 1080. The number of nitrogens with zero attached hydrogens (tertiary/aromatic N) is 4. The number of rotatable bonds is 5. The molecule has 4 rings (SSSR count). The Labute approximate surface area is 154 Å². The fourth-order valence-corrected chi connectivity index (χ4v) is 3.77. The highest BCUT2D eigenvalue weighted by Gasteiger charge is 2.14. The Morgan fingerprint density at radius 1 is 1.04 bits per heavy atom. The lowest BCUT2D eigenvalue weighted by Gasteiger charge is -2.09. The van der Waals surface area contributed by atoms with Gasteiger partial charge in [-0.3, -0.25) is 4.98 Å². The molecule has 0 saturated carbocycles. The van der Waals surface area contributed by atoms with Crippen LogP contribution in [0.15, 0.2) is 36.7 Å². The minimum atomic E-state index is 0.814. The first-order valence-corrected chi connectivity index (χ1v) is 9.44. The lowest BCUT2D eigenvalue weighted by Crippen LogP contribution is -1.99. The van der Waals surface area contributed by atoms with Gasteiger partial charge in [0.2, 0.25) is 0 Å². The average Bonchev–Trinajstić information content (AvgIpc) is 3.18. The number of imidazole rings is 1. The summed E-state index contributed by atoms with van der Waals surface area (Å²) in [7, 11) is 2.08. The molecule has 0 bridgehead atoms. The summed E-state index contributed by atoms with van der Waals surface area (Å²) in [5.74, 6) is 1.05. The fourth-order valence-electron chi connectivity index (χ4n) is 3.77. The largest absolute Gasteiger partial charge is 0.347 e. The highest BCUT2D eigenvalue weighted by molar-refractivity contribution is 5.85. The molecule has 0 radical (unpaired) electrons. The first kappa shape index (κ1) is 16.8. The maximum absolute atomic E-state index is 4.83. The van der Waals surface area contributed by atoms with Gasteiger partial charge in [-0.2, -0.15) is 0 Å². The molecular weight excluding hydrogens is 320 g/mol. The first-order chi connectivity index (χ1) is 12.6. The third kappa shape index (κ3) is 2.70. The van der Waals surface area contributed by atoms with Gasteiger partial charge in [0.1, 0.15) is 5.82 Å². The van der Waals surface area contributed by atoms with Crippen LogP contribution in [0.2, 0.25) is 0 Å². The van der Waals surface area contributed by atoms with Gasteiger partial charge >= 0.3 is 0 Å². The van der Waals surface area contributed by atoms with Crippen molar-refractivity contribution in [2.24, 2.45) is 7.05 Å². The summed E-state index contributed by atoms with van der Waals surface area (Å²) in [6.07, 6.45) is 7.36. The molecule has 0 N–H and O–H groups in total. The van der Waals surface area contributed by atoms with Crippen LogP contribution in [-0.4, -0.2) is 19.1 Å². The number of fused-ring (bicyclic) bond motifs is 2. The van der Waals surface area contributed by atoms with Gasteiger partial charge in [-0.15, -0.1) is 0 Å². The number of aromatic nitrogens is 4. The monoisotopic (exact) mass is 346 g/mol. The second-order valence-electron chi connectivity index (χ2n) is 7.18. The zero-order valence-electron chi connectivity index (χ0n) is 16.1. The Hall–Kier alpha value is -2.62. The summed E-state index contributed by atoms with van der Waals surface area (Å²) < 4.78 is 4.51. The Morgan fingerprint density at radius 3 is 2.69 bits per heavy atom. The number of aryl methyl sites for hydroxylation is 4. The molecule has 4 aromatic rings. The van der Waals surface area contributed by atoms with Gasteiger partial charge in [-0.25, -0.2) is 4.98 Å². The molecule has 3 aromatic heterocycles. The lowest BCUT2D eigenvalue weighted by atomic mass is 10.0. The van der Waals surface area contributed by atoms with Gasteiger partial charge in [-0.05, 0) is 49.6 Å². The molecule has 134 valence electrons. The molecule has 0 aliphatic heterocycles. The Balaban J connectivity index is 1.81. The van der Waals surface area contributed by atoms with Crippen LogP contribution in [-0.2, 0) is 20.0 Å². The average molecular weight is 346 g/mol. The summed E-state index contributed by atoms with van der Waals surface area (Å²) in [4.78, 5) is 9.55. The normalized spacial score (nSPS) is 11.7. The van der Waals surface area contributed by atoms with Crippen molar-refractivity contribution in [2.75, 3.05) is 0 Å². The molecule has 0 aliphatic rings. The van der Waals surface area contributed by atoms with E-state index < -0.39 is 0 Å². The van der Waals surface area contributed by atoms with E-state index in [1.165, 1.54) is 40.4 Å². The third-order valence-corrected chi connectivity index (χ3v) is 5.49. The molecule has 0 fully saturated rings. The molecule has 3 heterocycles. The number of hydrogen-bond donors (Lipinski definition) is 0. The third-order valence-electron chi connectivity index (χ3n) is 5.49. The molecule has 4 nitrogen and oxygen atoms in total. The van der Waals surface area contributed by atoms with Crippen LogP contribution in [0.1, 0.15) is 42.4 Å². The molecule has 26 heavy (non-hydrogen) atoms. The van der Waals surface area contributed by atoms with Gasteiger partial charge < -0.3 is 9.13 Å². The molecular formula is C22H26N4. The molecule has 0 unspecified atom stereocenters. The van der Waals surface area contributed by atoms with Gasteiger partial charge in [0, 0.05) is 37.8 Å². The molecule has 0 aliphatic carbocycles. The number of hydrogen-bond acceptors (Lipinski definition) is 2. The van der Waals surface area contributed by atoms with Gasteiger partial charge in [-0.1, -0.05) is 19.4 Å². The predicted molar refractivity (Wildman–Crippen MR) is 108 cm³/mol. The van der Waals surface area contributed by atoms with Crippen molar-refractivity contribution in [1.29, 1.82) is 0 Å². The van der Waals surface area contributed by atoms with Crippen molar-refractivity contribution < 1.29 is 0 Å². The van der Waals surface area contributed by atoms with Crippen LogP contribution in [0.4, 0.5) is 0 Å². The minimum absolute atomic E-state index is 0.814. The van der Waals surface area contributed by atoms with E-state index in [0.29, 0.717) is 0 Å². The van der Waals surface area contributed by atoms with E-state index in [2.05, 4.69) is 67.4 Å². The second kappa shape index (κ2) is 6.60. The van der Waals surface area contributed by atoms with Crippen LogP contribution in [0.3, 0.4) is 0 Å². The van der Waals surface area contributed by atoms with Crippen LogP contribution in [0, 0.1) is 13.8 Å². The van der Waals surface area contributed by atoms with Crippen LogP contribution in [0.5, 0.6) is 0 Å². The quantitative estimate of drug-likeness (QED) is 0.513. The Kier molecular flexibility index (Phi) is 4.27. The van der Waals surface area contributed by atoms with Gasteiger partial charge in [0.05, 0.1) is 22.2 Å². The van der Waals surface area contributed by atoms with E-state index in [1.54, 1.807) is 0 Å². The molecule has 1 aromatic carbocycles. The van der Waals surface area contributed by atoms with E-state index in [1.807, 2.05) is 6.20 Å². The van der Waals surface area contributed by atoms with E-state index in [0.717, 1.165) is 30.0 Å². The van der Waals surface area contributed by atoms with E-state index in [9.17, 15) is 0 Å². The van der Waals surface area contributed by atoms with Crippen molar-refractivity contribution in [3.63, 3.8) is 0 Å². The van der Waals surface area contributed by atoms with Crippen molar-refractivity contribution in [3.05, 3.63) is 59.3 Å². The maximum atomic E-state index is 4.83. The predicted octanol–water partition coefficient (Wildman–Crippen LogP) is 4.93. The zero-order chi connectivity index (χ0) is 18.3. The van der Waals surface area contributed by atoms with E-state index in [-0.39, 0.29) is 0 Å². The summed E-state index contributed by atoms with van der Waals surface area (Å²) in [6.45, 7) is 7.53. The van der Waals surface area contributed by atoms with Crippen molar-refractivity contribution in [3.8, 4) is 0 Å². The standard InChI is InChI=1S/C22H26N4/c1-5-6-12-26-13-10-17-19(23-11-9-20(17)26)14-18-15(2)7-8-21-22(18)24-16(3)25(21)4/h7-11,13H,5-6,12,14H2,1-4H3. The molecule has 0 spiro atoms. The summed E-state index contributed by atoms with van der Waals surface area (Å²) in [5.41, 5.74) is 7.28. The van der Waals surface area contributed by atoms with Crippen molar-refractivity contribution in [2.45, 2.75) is 46.6 Å². The van der Waals surface area contributed by atoms with Crippen molar-refractivity contribution in [1.82, 2.24) is 19.1 Å². The van der Waals surface area contributed by atoms with E-state index in [4.69, 9.17) is 9.97 Å². The van der Waals surface area contributed by atoms with Gasteiger partial charge in [0.15, 0.2) is 0 Å². The molecule has 4 heteroatoms. The lowest BCUT2D eigenvalue weighted by molar-refractivity contribution is 0.650. The summed E-state index contributed by atoms with van der Waals surface area (Å²) >= 11 is 0. The maximum Gasteiger partial charge on any atom is 0.106 e. The zero-order valence-corrected chi connectivity index (χ0v) is 16.1. The first-order valence-electron chi connectivity index (χ1n) is 9.44. The second-order valence-corrected chi connectivity index (χ2v) is 7.18. The smallest absolute Gasteiger partial charge is 0.106 e. The number of unbranched alkanes of at least 4 members (excludes halogenated alkanes) is 1. The summed E-state index contributed by atoms with van der Waals surface area (Å²) in [5, 5.41) is 1.26. The Morgan fingerprint density at radius 2 is 1.88 bits per heavy atom. The van der Waals surface area contributed by atoms with Crippen LogP contribution in [0.25, 0.3) is 21.9 Å². The van der Waals surface area contributed by atoms with Gasteiger partial charge in [0.25, 0.3) is 0 Å². The summed E-state index contributed by atoms with van der Waals surface area (Å²) in [6, 6.07) is 8.72. The topological polar surface area (TPSA) is 35.6 Å². The highest BCUT2D eigenvalue weighted by atomic mass is 15.0. The minimum Gasteiger partial charge on any atom is -0.347 e. The fraction of sp³-hybridized carbons (Fsp3) is 0.364. The molecule has 0 atom stereocenters. The SMILES string of the molecule is CCCCn1ccc2c(Cc3c(C)ccc4c3nc(C)n4C)nccc21. The van der Waals surface area contributed by atoms with Crippen molar-refractivity contribution >= 4 is 21.9 Å². The number of pyridine rings is 1. The van der Waals surface area contributed by atoms with Crippen LogP contribution >= 0.6 is 0 Å². The highest BCUT2D eigenvalue weighted by Crippen LogP contribution is 2.27. The molecule has 0 saturated heterocycles. The molecule has 0 amide bonds. The van der Waals surface area contributed by atoms with E-state index >= 15 is 0 Å².